The van der Waals surface area contributed by atoms with Crippen LogP contribution in [0.2, 0.25) is 0 Å². The first-order valence-corrected chi connectivity index (χ1v) is 10.9. The molecule has 8 heteroatoms. The van der Waals surface area contributed by atoms with Crippen molar-refractivity contribution in [3.8, 4) is 5.75 Å². The molecule has 0 bridgehead atoms. The number of halogens is 1. The Bertz CT molecular complexity index is 775. The fourth-order valence-electron chi connectivity index (χ4n) is 3.01. The SMILES string of the molecule is CCc1ccc(OCCCC(=O)N2CCN(c3nnc(C)s3)CC2)c(Br)c1. The predicted octanol–water partition coefficient (Wildman–Crippen LogP) is 3.68. The molecular weight excluding hydrogens is 428 g/mol. The van der Waals surface area contributed by atoms with Crippen molar-refractivity contribution in [2.45, 2.75) is 33.1 Å². The molecule has 146 valence electrons. The van der Waals surface area contributed by atoms with Gasteiger partial charge in [0.15, 0.2) is 0 Å². The van der Waals surface area contributed by atoms with Crippen LogP contribution in [0.25, 0.3) is 0 Å². The first-order valence-electron chi connectivity index (χ1n) is 9.31. The van der Waals surface area contributed by atoms with Crippen molar-refractivity contribution in [3.63, 3.8) is 0 Å². The number of carbonyl (C=O) groups excluding carboxylic acids is 1. The summed E-state index contributed by atoms with van der Waals surface area (Å²) in [6.07, 6.45) is 2.23. The highest BCUT2D eigenvalue weighted by atomic mass is 79.9. The van der Waals surface area contributed by atoms with Gasteiger partial charge in [0.25, 0.3) is 0 Å². The minimum atomic E-state index is 0.201. The van der Waals surface area contributed by atoms with E-state index in [0.29, 0.717) is 13.0 Å². The fourth-order valence-corrected chi connectivity index (χ4v) is 4.29. The summed E-state index contributed by atoms with van der Waals surface area (Å²) < 4.78 is 6.78. The highest BCUT2D eigenvalue weighted by Gasteiger charge is 2.22. The van der Waals surface area contributed by atoms with Crippen LogP contribution in [0.1, 0.15) is 30.3 Å². The molecule has 0 saturated carbocycles. The van der Waals surface area contributed by atoms with Gasteiger partial charge in [-0.3, -0.25) is 4.79 Å². The summed E-state index contributed by atoms with van der Waals surface area (Å²) >= 11 is 5.15. The molecule has 0 unspecified atom stereocenters. The number of amides is 1. The Hall–Kier alpha value is -1.67. The van der Waals surface area contributed by atoms with Gasteiger partial charge in [-0.15, -0.1) is 10.2 Å². The molecule has 6 nitrogen and oxygen atoms in total. The van der Waals surface area contributed by atoms with E-state index in [-0.39, 0.29) is 5.91 Å². The maximum absolute atomic E-state index is 12.4. The third-order valence-electron chi connectivity index (χ3n) is 4.62. The Morgan fingerprint density at radius 2 is 2.04 bits per heavy atom. The Morgan fingerprint density at radius 3 is 2.67 bits per heavy atom. The predicted molar refractivity (Wildman–Crippen MR) is 112 cm³/mol. The second-order valence-electron chi connectivity index (χ2n) is 6.54. The average molecular weight is 453 g/mol. The lowest BCUT2D eigenvalue weighted by atomic mass is 10.2. The first-order chi connectivity index (χ1) is 13.1. The van der Waals surface area contributed by atoms with Gasteiger partial charge >= 0.3 is 0 Å². The molecule has 0 aliphatic carbocycles. The number of carbonyl (C=O) groups is 1. The normalized spacial score (nSPS) is 14.5. The number of aryl methyl sites for hydroxylation is 2. The lowest BCUT2D eigenvalue weighted by Gasteiger charge is -2.34. The minimum Gasteiger partial charge on any atom is -0.492 e. The van der Waals surface area contributed by atoms with Gasteiger partial charge in [-0.1, -0.05) is 24.3 Å². The van der Waals surface area contributed by atoms with Gasteiger partial charge in [0.2, 0.25) is 11.0 Å². The zero-order valence-corrected chi connectivity index (χ0v) is 18.2. The second-order valence-corrected chi connectivity index (χ2v) is 8.56. The number of hydrogen-bond acceptors (Lipinski definition) is 6. The first kappa shape index (κ1) is 20.1. The van der Waals surface area contributed by atoms with Crippen molar-refractivity contribution in [2.75, 3.05) is 37.7 Å². The molecule has 1 fully saturated rings. The molecule has 2 aromatic rings. The summed E-state index contributed by atoms with van der Waals surface area (Å²) in [5, 5.41) is 10.2. The standard InChI is InChI=1S/C19H25BrN4O2S/c1-3-15-6-7-17(16(20)13-15)26-12-4-5-18(25)23-8-10-24(11-9-23)19-22-21-14(2)27-19/h6-7,13H,3-5,8-12H2,1-2H3. The number of ether oxygens (including phenoxy) is 1. The third kappa shape index (κ3) is 5.42. The van der Waals surface area contributed by atoms with E-state index in [1.54, 1.807) is 11.3 Å². The van der Waals surface area contributed by atoms with E-state index in [2.05, 4.69) is 50.1 Å². The summed E-state index contributed by atoms with van der Waals surface area (Å²) in [5.74, 6) is 1.03. The summed E-state index contributed by atoms with van der Waals surface area (Å²) in [5.41, 5.74) is 1.27. The molecule has 1 amide bonds. The van der Waals surface area contributed by atoms with Crippen molar-refractivity contribution in [3.05, 3.63) is 33.2 Å². The number of aromatic nitrogens is 2. The smallest absolute Gasteiger partial charge is 0.222 e. The topological polar surface area (TPSA) is 58.6 Å². The third-order valence-corrected chi connectivity index (χ3v) is 6.13. The van der Waals surface area contributed by atoms with Crippen molar-refractivity contribution in [2.24, 2.45) is 0 Å². The number of rotatable bonds is 7. The zero-order chi connectivity index (χ0) is 19.2. The Kier molecular flexibility index (Phi) is 7.07. The Balaban J connectivity index is 1.37. The van der Waals surface area contributed by atoms with E-state index in [1.165, 1.54) is 5.56 Å². The molecule has 1 aliphatic heterocycles. The molecule has 0 radical (unpaired) electrons. The average Bonchev–Trinajstić information content (AvgIpc) is 3.12. The van der Waals surface area contributed by atoms with E-state index < -0.39 is 0 Å². The largest absolute Gasteiger partial charge is 0.492 e. The lowest BCUT2D eigenvalue weighted by Crippen LogP contribution is -2.48. The Labute approximate surface area is 172 Å². The quantitative estimate of drug-likeness (QED) is 0.599. The van der Waals surface area contributed by atoms with Crippen molar-refractivity contribution in [1.82, 2.24) is 15.1 Å². The van der Waals surface area contributed by atoms with Gasteiger partial charge in [-0.25, -0.2) is 0 Å². The minimum absolute atomic E-state index is 0.201. The van der Waals surface area contributed by atoms with Gasteiger partial charge in [0.1, 0.15) is 10.8 Å². The molecule has 1 saturated heterocycles. The molecule has 0 spiro atoms. The second kappa shape index (κ2) is 9.50. The summed E-state index contributed by atoms with van der Waals surface area (Å²) in [4.78, 5) is 16.6. The molecule has 3 rings (SSSR count). The number of hydrogen-bond donors (Lipinski definition) is 0. The highest BCUT2D eigenvalue weighted by Crippen LogP contribution is 2.26. The van der Waals surface area contributed by atoms with Crippen LogP contribution >= 0.6 is 27.3 Å². The fraction of sp³-hybridized carbons (Fsp3) is 0.526. The lowest BCUT2D eigenvalue weighted by molar-refractivity contribution is -0.131. The van der Waals surface area contributed by atoms with Gasteiger partial charge in [-0.05, 0) is 53.4 Å². The number of anilines is 1. The summed E-state index contributed by atoms with van der Waals surface area (Å²) in [7, 11) is 0. The van der Waals surface area contributed by atoms with Crippen LogP contribution in [0.5, 0.6) is 5.75 Å². The van der Waals surface area contributed by atoms with Gasteiger partial charge in [0.05, 0.1) is 11.1 Å². The van der Waals surface area contributed by atoms with Gasteiger partial charge < -0.3 is 14.5 Å². The molecule has 0 N–H and O–H groups in total. The maximum atomic E-state index is 12.4. The molecule has 27 heavy (non-hydrogen) atoms. The van der Waals surface area contributed by atoms with Crippen molar-refractivity contribution < 1.29 is 9.53 Å². The zero-order valence-electron chi connectivity index (χ0n) is 15.8. The summed E-state index contributed by atoms with van der Waals surface area (Å²) in [6.45, 7) is 7.73. The number of piperazine rings is 1. The van der Waals surface area contributed by atoms with E-state index in [0.717, 1.165) is 59.4 Å². The van der Waals surface area contributed by atoms with Crippen LogP contribution in [0.15, 0.2) is 22.7 Å². The maximum Gasteiger partial charge on any atom is 0.222 e. The number of benzene rings is 1. The monoisotopic (exact) mass is 452 g/mol. The van der Waals surface area contributed by atoms with Gasteiger partial charge in [-0.2, -0.15) is 0 Å². The van der Waals surface area contributed by atoms with Crippen molar-refractivity contribution >= 4 is 38.3 Å². The van der Waals surface area contributed by atoms with E-state index in [9.17, 15) is 4.79 Å². The van der Waals surface area contributed by atoms with Crippen LogP contribution in [0.3, 0.4) is 0 Å². The van der Waals surface area contributed by atoms with Gasteiger partial charge in [0, 0.05) is 32.6 Å². The van der Waals surface area contributed by atoms with Crippen LogP contribution < -0.4 is 9.64 Å². The molecule has 1 aromatic carbocycles. The van der Waals surface area contributed by atoms with E-state index in [1.807, 2.05) is 17.9 Å². The molecule has 0 atom stereocenters. The van der Waals surface area contributed by atoms with Crippen LogP contribution in [0, 0.1) is 6.92 Å². The molecule has 1 aromatic heterocycles. The van der Waals surface area contributed by atoms with E-state index in [4.69, 9.17) is 4.74 Å². The molecule has 2 heterocycles. The number of nitrogens with zero attached hydrogens (tertiary/aromatic N) is 4. The van der Waals surface area contributed by atoms with Crippen molar-refractivity contribution in [1.29, 1.82) is 0 Å². The summed E-state index contributed by atoms with van der Waals surface area (Å²) in [6, 6.07) is 6.14. The molecular formula is C19H25BrN4O2S. The van der Waals surface area contributed by atoms with Crippen LogP contribution in [0.4, 0.5) is 5.13 Å². The highest BCUT2D eigenvalue weighted by molar-refractivity contribution is 9.10. The molecule has 1 aliphatic rings. The van der Waals surface area contributed by atoms with Crippen LogP contribution in [-0.2, 0) is 11.2 Å². The Morgan fingerprint density at radius 1 is 1.26 bits per heavy atom. The van der Waals surface area contributed by atoms with Crippen LogP contribution in [-0.4, -0.2) is 53.8 Å². The van der Waals surface area contributed by atoms with E-state index >= 15 is 0 Å².